The van der Waals surface area contributed by atoms with Crippen molar-refractivity contribution in [1.82, 2.24) is 0 Å². The largest absolute Gasteiger partial charge is 0.507 e. The maximum Gasteiger partial charge on any atom is 0.126 e. The molecule has 0 saturated heterocycles. The Balaban J connectivity index is 2.56. The molecule has 0 aliphatic rings. The van der Waals surface area contributed by atoms with Crippen LogP contribution < -0.4 is 10.6 Å². The van der Waals surface area contributed by atoms with E-state index in [0.717, 1.165) is 60.0 Å². The molecule has 0 radical (unpaired) electrons. The number of phenolic OH excluding ortho intramolecular Hbond substituents is 2. The van der Waals surface area contributed by atoms with Gasteiger partial charge in [0.05, 0.1) is 0 Å². The molecule has 0 fully saturated rings. The zero-order valence-corrected chi connectivity index (χ0v) is 19.2. The second-order valence-electron chi connectivity index (χ2n) is 7.92. The van der Waals surface area contributed by atoms with E-state index in [9.17, 15) is 10.2 Å². The Morgan fingerprint density at radius 3 is 1.46 bits per heavy atom. The van der Waals surface area contributed by atoms with E-state index in [0.29, 0.717) is 11.5 Å². The second-order valence-corrected chi connectivity index (χ2v) is 10.2. The van der Waals surface area contributed by atoms with Gasteiger partial charge in [-0.15, -0.1) is 0 Å². The predicted octanol–water partition coefficient (Wildman–Crippen LogP) is 6.24. The number of hydrogen-bond acceptors (Lipinski definition) is 2. The summed E-state index contributed by atoms with van der Waals surface area (Å²) < 4.78 is 0. The summed E-state index contributed by atoms with van der Waals surface area (Å²) >= 11 is 0. The van der Waals surface area contributed by atoms with E-state index in [-0.39, 0.29) is 0 Å². The summed E-state index contributed by atoms with van der Waals surface area (Å²) in [6.45, 7) is 10.6. The fourth-order valence-corrected chi connectivity index (χ4v) is 6.42. The highest BCUT2D eigenvalue weighted by Gasteiger charge is 2.23. The van der Waals surface area contributed by atoms with Gasteiger partial charge in [0.25, 0.3) is 0 Å². The molecule has 0 saturated carbocycles. The van der Waals surface area contributed by atoms with Gasteiger partial charge in [0, 0.05) is 10.6 Å². The molecule has 0 aliphatic heterocycles. The third-order valence-corrected chi connectivity index (χ3v) is 8.09. The highest BCUT2D eigenvalue weighted by Crippen LogP contribution is 2.42. The average molecular weight is 401 g/mol. The van der Waals surface area contributed by atoms with Crippen LogP contribution in [0.1, 0.15) is 75.1 Å². The zero-order chi connectivity index (χ0) is 20.7. The van der Waals surface area contributed by atoms with Crippen LogP contribution in [0, 0.1) is 13.8 Å². The Kier molecular flexibility index (Phi) is 8.83. The van der Waals surface area contributed by atoms with Crippen LogP contribution in [0.4, 0.5) is 0 Å². The van der Waals surface area contributed by atoms with Crippen molar-refractivity contribution in [3.05, 3.63) is 46.5 Å². The summed E-state index contributed by atoms with van der Waals surface area (Å²) in [7, 11) is -0.787. The lowest BCUT2D eigenvalue weighted by molar-refractivity contribution is 0.474. The first-order valence-electron chi connectivity index (χ1n) is 10.8. The van der Waals surface area contributed by atoms with Crippen LogP contribution in [0.5, 0.6) is 11.5 Å². The number of rotatable bonds is 10. The number of hydrogen-bond donors (Lipinski definition) is 2. The highest BCUT2D eigenvalue weighted by molar-refractivity contribution is 7.73. The molecule has 2 rings (SSSR count). The maximum atomic E-state index is 10.9. The first-order chi connectivity index (χ1) is 13.4. The number of benzene rings is 2. The van der Waals surface area contributed by atoms with Gasteiger partial charge in [-0.05, 0) is 88.0 Å². The first kappa shape index (κ1) is 22.8. The van der Waals surface area contributed by atoms with Gasteiger partial charge in [-0.2, -0.15) is 0 Å². The highest BCUT2D eigenvalue weighted by atomic mass is 31.1. The lowest BCUT2D eigenvalue weighted by Crippen LogP contribution is -2.18. The minimum atomic E-state index is -0.787. The van der Waals surface area contributed by atoms with Crippen molar-refractivity contribution in [2.24, 2.45) is 0 Å². The molecule has 2 nitrogen and oxygen atoms in total. The van der Waals surface area contributed by atoms with Crippen LogP contribution in [-0.2, 0) is 12.8 Å². The van der Waals surface area contributed by atoms with Crippen LogP contribution in [0.25, 0.3) is 0 Å². The predicted molar refractivity (Wildman–Crippen MR) is 124 cm³/mol. The van der Waals surface area contributed by atoms with Gasteiger partial charge in [-0.3, -0.25) is 0 Å². The molecule has 0 spiro atoms. The molecule has 154 valence electrons. The van der Waals surface area contributed by atoms with E-state index in [4.69, 9.17) is 0 Å². The minimum Gasteiger partial charge on any atom is -0.507 e. The monoisotopic (exact) mass is 400 g/mol. The van der Waals surface area contributed by atoms with E-state index in [2.05, 4.69) is 45.0 Å². The van der Waals surface area contributed by atoms with E-state index < -0.39 is 7.92 Å². The quantitative estimate of drug-likeness (QED) is 0.463. The summed E-state index contributed by atoms with van der Waals surface area (Å²) in [5.41, 5.74) is 4.50. The maximum absolute atomic E-state index is 10.9. The van der Waals surface area contributed by atoms with Gasteiger partial charge in [-0.25, -0.2) is 0 Å². The Bertz CT molecular complexity index is 719. The van der Waals surface area contributed by atoms with Crippen molar-refractivity contribution in [3.63, 3.8) is 0 Å². The summed E-state index contributed by atoms with van der Waals surface area (Å²) in [6.07, 6.45) is 8.74. The lowest BCUT2D eigenvalue weighted by Gasteiger charge is -2.23. The SMILES string of the molecule is CCCCc1cc(C)c(O)c(P(CCC)c2cc(CCCC)cc(C)c2O)c1. The third-order valence-electron chi connectivity index (χ3n) is 5.35. The van der Waals surface area contributed by atoms with Crippen molar-refractivity contribution in [2.45, 2.75) is 79.6 Å². The van der Waals surface area contributed by atoms with Crippen molar-refractivity contribution in [2.75, 3.05) is 6.16 Å². The number of unbranched alkanes of at least 4 members (excludes halogenated alkanes) is 2. The molecule has 28 heavy (non-hydrogen) atoms. The van der Waals surface area contributed by atoms with E-state index in [1.807, 2.05) is 13.8 Å². The fraction of sp³-hybridized carbons (Fsp3) is 0.520. The zero-order valence-electron chi connectivity index (χ0n) is 18.3. The number of aromatic hydroxyl groups is 2. The summed E-state index contributed by atoms with van der Waals surface area (Å²) in [6, 6.07) is 8.65. The summed E-state index contributed by atoms with van der Waals surface area (Å²) in [5.74, 6) is 0.826. The van der Waals surface area contributed by atoms with Crippen LogP contribution in [0.15, 0.2) is 24.3 Å². The molecule has 0 aromatic heterocycles. The minimum absolute atomic E-state index is 0.413. The molecule has 0 aliphatic carbocycles. The topological polar surface area (TPSA) is 40.5 Å². The van der Waals surface area contributed by atoms with E-state index in [1.165, 1.54) is 24.0 Å². The molecule has 2 aromatic carbocycles. The fourth-order valence-electron chi connectivity index (χ4n) is 3.72. The molecule has 0 unspecified atom stereocenters. The van der Waals surface area contributed by atoms with Gasteiger partial charge < -0.3 is 10.2 Å². The Hall–Kier alpha value is -1.53. The Labute approximate surface area is 172 Å². The molecule has 2 N–H and O–H groups in total. The van der Waals surface area contributed by atoms with Gasteiger partial charge >= 0.3 is 0 Å². The summed E-state index contributed by atoms with van der Waals surface area (Å²) in [5, 5.41) is 23.9. The number of phenols is 2. The Morgan fingerprint density at radius 1 is 0.679 bits per heavy atom. The van der Waals surface area contributed by atoms with E-state index in [1.54, 1.807) is 0 Å². The average Bonchev–Trinajstić information content (AvgIpc) is 2.68. The van der Waals surface area contributed by atoms with Crippen molar-refractivity contribution in [1.29, 1.82) is 0 Å². The van der Waals surface area contributed by atoms with E-state index >= 15 is 0 Å². The number of aryl methyl sites for hydroxylation is 4. The van der Waals surface area contributed by atoms with Crippen molar-refractivity contribution < 1.29 is 10.2 Å². The van der Waals surface area contributed by atoms with Crippen LogP contribution in [0.2, 0.25) is 0 Å². The lowest BCUT2D eigenvalue weighted by atomic mass is 10.1. The van der Waals surface area contributed by atoms with Crippen LogP contribution >= 0.6 is 7.92 Å². The molecule has 0 heterocycles. The molecule has 0 amide bonds. The van der Waals surface area contributed by atoms with Crippen molar-refractivity contribution >= 4 is 18.5 Å². The molecular weight excluding hydrogens is 363 g/mol. The third kappa shape index (κ3) is 5.51. The second kappa shape index (κ2) is 10.9. The van der Waals surface area contributed by atoms with Crippen molar-refractivity contribution in [3.8, 4) is 11.5 Å². The van der Waals surface area contributed by atoms with Gasteiger partial charge in [0.1, 0.15) is 11.5 Å². The Morgan fingerprint density at radius 2 is 1.11 bits per heavy atom. The van der Waals surface area contributed by atoms with Gasteiger partial charge in [-0.1, -0.05) is 52.2 Å². The molecule has 0 bridgehead atoms. The van der Waals surface area contributed by atoms with Crippen LogP contribution in [-0.4, -0.2) is 16.4 Å². The summed E-state index contributed by atoms with van der Waals surface area (Å²) in [4.78, 5) is 0. The van der Waals surface area contributed by atoms with Gasteiger partial charge in [0.15, 0.2) is 0 Å². The smallest absolute Gasteiger partial charge is 0.126 e. The molecule has 2 aromatic rings. The van der Waals surface area contributed by atoms with Gasteiger partial charge in [0.2, 0.25) is 0 Å². The standard InChI is InChI=1S/C25H37O2P/c1-6-9-11-20-14-18(4)24(26)22(16-20)28(13-8-3)23-17-21(12-10-7-2)15-19(5)25(23)27/h14-17,26-27H,6-13H2,1-5H3. The molecule has 3 heteroatoms. The molecular formula is C25H37O2P. The molecule has 0 atom stereocenters. The normalized spacial score (nSPS) is 11.4. The van der Waals surface area contributed by atoms with Crippen LogP contribution in [0.3, 0.4) is 0 Å². The first-order valence-corrected chi connectivity index (χ1v) is 12.4.